The zero-order valence-corrected chi connectivity index (χ0v) is 75.2. The van der Waals surface area contributed by atoms with Crippen LogP contribution in [0, 0.1) is 40.4 Å². The fourth-order valence-corrected chi connectivity index (χ4v) is 15.8. The molecule has 19 nitrogen and oxygen atoms in total. The molecule has 0 aromatic heterocycles. The molecule has 0 aliphatic carbocycles. The molecule has 9 rings (SSSR count). The maximum Gasteiger partial charge on any atom is 0.373 e. The molecule has 0 amide bonds. The van der Waals surface area contributed by atoms with Crippen LogP contribution >= 0.6 is 0 Å². The van der Waals surface area contributed by atoms with Crippen molar-refractivity contribution in [3.8, 4) is 0 Å². The highest BCUT2D eigenvalue weighted by molar-refractivity contribution is 7.91. The molecule has 0 spiro atoms. The third-order valence-electron chi connectivity index (χ3n) is 23.2. The van der Waals surface area contributed by atoms with Crippen molar-refractivity contribution in [2.75, 3.05) is 124 Å². The fourth-order valence-electron chi connectivity index (χ4n) is 14.8. The summed E-state index contributed by atoms with van der Waals surface area (Å²) in [6, 6.07) is 1.30. The number of hydrogen-bond donors (Lipinski definition) is 3. The van der Waals surface area contributed by atoms with E-state index in [0.717, 1.165) is 107 Å². The maximum atomic E-state index is 11.2. The lowest BCUT2D eigenvalue weighted by atomic mass is 9.80. The van der Waals surface area contributed by atoms with Crippen molar-refractivity contribution < 1.29 is 47.7 Å². The number of sulfone groups is 1. The number of carboxylic acid groups (broad SMARTS) is 3. The third kappa shape index (κ3) is 40.9. The summed E-state index contributed by atoms with van der Waals surface area (Å²) in [5.41, 5.74) is 0.787. The van der Waals surface area contributed by atoms with Crippen LogP contribution in [0.2, 0.25) is 0 Å². The molecule has 3 N–H and O–H groups in total. The Morgan fingerprint density at radius 1 is 0.371 bits per heavy atom. The van der Waals surface area contributed by atoms with Crippen molar-refractivity contribution in [1.29, 1.82) is 0 Å². The number of piperidine rings is 5. The summed E-state index contributed by atoms with van der Waals surface area (Å²) in [7, 11) is -2.80. The molecule has 0 aromatic rings. The van der Waals surface area contributed by atoms with E-state index >= 15 is 0 Å². The summed E-state index contributed by atoms with van der Waals surface area (Å²) in [6.07, 6.45) is 17.4. The van der Waals surface area contributed by atoms with Crippen molar-refractivity contribution in [2.45, 2.75) is 361 Å². The minimum atomic E-state index is -2.80. The van der Waals surface area contributed by atoms with Crippen LogP contribution in [0.1, 0.15) is 305 Å². The lowest BCUT2D eigenvalue weighted by Crippen LogP contribution is -2.54. The second kappa shape index (κ2) is 45.2. The highest BCUT2D eigenvalue weighted by Gasteiger charge is 2.44. The van der Waals surface area contributed by atoms with E-state index in [1.807, 2.05) is 13.8 Å². The molecule has 0 bridgehead atoms. The van der Waals surface area contributed by atoms with Crippen LogP contribution in [0.3, 0.4) is 0 Å². The van der Waals surface area contributed by atoms with Gasteiger partial charge in [0.25, 0.3) is 0 Å². The van der Waals surface area contributed by atoms with Gasteiger partial charge in [-0.15, -0.1) is 0 Å². The molecule has 0 radical (unpaired) electrons. The minimum Gasteiger partial charge on any atom is -0.481 e. The van der Waals surface area contributed by atoms with Gasteiger partial charge in [0.1, 0.15) is 9.84 Å². The summed E-state index contributed by atoms with van der Waals surface area (Å²) in [5, 5.41) is 27.0. The Kier molecular flexibility index (Phi) is 44.0. The molecule has 0 aromatic carbocycles. The smallest absolute Gasteiger partial charge is 0.373 e. The number of aliphatic carboxylic acids is 3. The molecule has 622 valence electrons. The maximum absolute atomic E-state index is 11.2. The first-order chi connectivity index (χ1) is 47.5. The average Bonchev–Trinajstić information content (AvgIpc) is 1.41. The zero-order chi connectivity index (χ0) is 81.9. The number of carboxylic acids is 3. The van der Waals surface area contributed by atoms with Crippen molar-refractivity contribution >= 4 is 33.9 Å². The molecule has 9 saturated heterocycles. The van der Waals surface area contributed by atoms with E-state index in [0.29, 0.717) is 47.8 Å². The van der Waals surface area contributed by atoms with Crippen molar-refractivity contribution in [3.63, 3.8) is 0 Å². The Labute approximate surface area is 647 Å². The fraction of sp³-hybridized carbons (Fsp3) is 0.953. The molecular formula is C85H171N9O10S. The Morgan fingerprint density at radius 2 is 0.695 bits per heavy atom. The molecule has 5 atom stereocenters. The molecular weight excluding hydrogens is 1340 g/mol. The van der Waals surface area contributed by atoms with Gasteiger partial charge in [0, 0.05) is 103 Å². The minimum absolute atomic E-state index is 0.0805. The number of carbonyl (C=O) groups is 3. The van der Waals surface area contributed by atoms with Crippen LogP contribution < -0.4 is 0 Å². The van der Waals surface area contributed by atoms with E-state index in [1.54, 1.807) is 0 Å². The molecule has 105 heavy (non-hydrogen) atoms. The van der Waals surface area contributed by atoms with Crippen LogP contribution in [-0.2, 0) is 33.8 Å². The van der Waals surface area contributed by atoms with E-state index in [4.69, 9.17) is 24.9 Å². The quantitative estimate of drug-likeness (QED) is 0.226. The summed E-state index contributed by atoms with van der Waals surface area (Å²) in [4.78, 5) is 71.0. The van der Waals surface area contributed by atoms with Gasteiger partial charge in [0.05, 0.1) is 22.0 Å². The first kappa shape index (κ1) is 102. The Bertz CT molecular complexity index is 2550. The predicted octanol–water partition coefficient (Wildman–Crippen LogP) is 15.8. The van der Waals surface area contributed by atoms with E-state index < -0.39 is 38.6 Å². The van der Waals surface area contributed by atoms with Crippen LogP contribution in [0.25, 0.3) is 0 Å². The van der Waals surface area contributed by atoms with E-state index in [-0.39, 0.29) is 33.9 Å². The van der Waals surface area contributed by atoms with E-state index in [1.165, 1.54) is 117 Å². The van der Waals surface area contributed by atoms with Crippen molar-refractivity contribution in [3.05, 3.63) is 0 Å². The van der Waals surface area contributed by atoms with Crippen LogP contribution in [0.4, 0.5) is 0 Å². The lowest BCUT2D eigenvalue weighted by Gasteiger charge is -2.46. The first-order valence-electron chi connectivity index (χ1n) is 41.2. The SMILES string of the molecule is CC(C)(C)N1CCCC(C(=O)O)C1.CC(C)(C)N1CCCCC1.CC(C)N1CCC(S(C)(=O)=O)CC1.CC1(C(=O)O)CCCN(C(C)(C)C)C1.CC1(C(=O)O)CCN(C(C)(C)C)C1.CC1CCN(C(C)(C)C)C1.CC1CCN(C(C)(C)C)CC1.CC1CCN(C(C)C)C1.CC1CN(C(C)(C)C)C1.O=C=O. The van der Waals surface area contributed by atoms with Crippen molar-refractivity contribution in [2.24, 2.45) is 40.4 Å². The van der Waals surface area contributed by atoms with Gasteiger partial charge in [-0.2, -0.15) is 9.59 Å². The highest BCUT2D eigenvalue weighted by atomic mass is 32.2. The van der Waals surface area contributed by atoms with Gasteiger partial charge in [-0.25, -0.2) is 8.42 Å². The predicted molar refractivity (Wildman–Crippen MR) is 440 cm³/mol. The normalized spacial score (nSPS) is 26.1. The molecule has 5 unspecified atom stereocenters. The average molecular weight is 1510 g/mol. The second-order valence-electron chi connectivity index (χ2n) is 41.0. The third-order valence-corrected chi connectivity index (χ3v) is 24.9. The molecule has 9 fully saturated rings. The molecule has 0 saturated carbocycles. The Balaban J connectivity index is 0.00000116. The second-order valence-corrected chi connectivity index (χ2v) is 43.4. The molecule has 9 aliphatic heterocycles. The highest BCUT2D eigenvalue weighted by Crippen LogP contribution is 2.36. The number of likely N-dealkylation sites (tertiary alicyclic amines) is 9. The Hall–Kier alpha value is -2.62. The standard InChI is InChI=1S/C11H21NO2.2C10H19NO2.C10H21N.C9H19NO2S.2C9H19N.2C8H17N.CO2/c1-10(2,3)12-7-5-6-11(4,8-12)9(13)14;1-9(2,3)11-6-5-10(4,7-11)8(12)13;1-10(2,3)11-6-4-5-8(7-11)9(12)13;1-9-5-7-11(8-6-9)10(2,3)4;1-8(2)10-6-4-9(5-7-10)13(3,11)12;1-8-5-6-10(7-8)9(2,3)4;1-9(2,3)10-7-5-4-6-8-10;1-7-5-9(6-7)8(2,3)4;1-7(2)9-5-4-8(3)6-9;2-1-3/h5-8H2,1-4H3,(H,13,14);5-7H2,1-4H3,(H,12,13);8H,4-7H2,1-3H3,(H,12,13);9H,5-8H2,1-4H3;8-9H,4-7H2,1-3H3;8H,5-7H2,1-4H3;4-8H2,1-3H3;7H,5-6H2,1-4H3;7-8H,4-6H2,1-3H3;. The van der Waals surface area contributed by atoms with E-state index in [2.05, 4.69) is 245 Å². The zero-order valence-electron chi connectivity index (χ0n) is 74.4. The van der Waals surface area contributed by atoms with Gasteiger partial charge in [-0.05, 0) is 366 Å². The van der Waals surface area contributed by atoms with Gasteiger partial charge in [-0.3, -0.25) is 48.7 Å². The van der Waals surface area contributed by atoms with Gasteiger partial charge < -0.3 is 25.1 Å². The lowest BCUT2D eigenvalue weighted by molar-refractivity contribution is -0.191. The number of rotatable bonds is 6. The number of carbonyl (C=O) groups excluding carboxylic acids is 2. The van der Waals surface area contributed by atoms with E-state index in [9.17, 15) is 22.8 Å². The Morgan fingerprint density at radius 3 is 0.981 bits per heavy atom. The number of nitrogens with zero attached hydrogens (tertiary/aromatic N) is 9. The summed E-state index contributed by atoms with van der Waals surface area (Å²) >= 11 is 0. The van der Waals surface area contributed by atoms with Gasteiger partial charge in [0.15, 0.2) is 0 Å². The van der Waals surface area contributed by atoms with Gasteiger partial charge in [-0.1, -0.05) is 34.1 Å². The van der Waals surface area contributed by atoms with Crippen LogP contribution in [-0.4, -0.2) is 272 Å². The monoisotopic (exact) mass is 1510 g/mol. The first-order valence-corrected chi connectivity index (χ1v) is 43.1. The molecule has 9 heterocycles. The summed E-state index contributed by atoms with van der Waals surface area (Å²) < 4.78 is 22.5. The molecule has 20 heteroatoms. The van der Waals surface area contributed by atoms with Gasteiger partial charge >= 0.3 is 24.1 Å². The van der Waals surface area contributed by atoms with Crippen LogP contribution in [0.5, 0.6) is 0 Å². The topological polar surface area (TPSA) is 209 Å². The summed E-state index contributed by atoms with van der Waals surface area (Å²) in [6.45, 7) is 88.5. The largest absolute Gasteiger partial charge is 0.481 e. The van der Waals surface area contributed by atoms with Crippen LogP contribution in [0.15, 0.2) is 0 Å². The number of hydrogen-bond acceptors (Lipinski definition) is 16. The summed E-state index contributed by atoms with van der Waals surface area (Å²) in [5.74, 6) is 1.61. The molecule has 9 aliphatic rings. The van der Waals surface area contributed by atoms with Crippen molar-refractivity contribution in [1.82, 2.24) is 44.1 Å². The van der Waals surface area contributed by atoms with Gasteiger partial charge in [0.2, 0.25) is 0 Å².